The summed E-state index contributed by atoms with van der Waals surface area (Å²) in [6, 6.07) is 15.4. The second kappa shape index (κ2) is 9.34. The van der Waals surface area contributed by atoms with Crippen molar-refractivity contribution in [2.24, 2.45) is 0 Å². The van der Waals surface area contributed by atoms with Crippen molar-refractivity contribution in [2.45, 2.75) is 62.4 Å². The normalized spacial score (nSPS) is 16.5. The number of aryl methyl sites for hydroxylation is 1. The largest absolute Gasteiger partial charge is 0.352 e. The number of hydrogen-bond donors (Lipinski definition) is 2. The first kappa shape index (κ1) is 20.6. The van der Waals surface area contributed by atoms with Crippen molar-refractivity contribution in [2.75, 3.05) is 0 Å². The minimum absolute atomic E-state index is 0.128. The molecule has 1 saturated carbocycles. The molecule has 0 radical (unpaired) electrons. The maximum Gasteiger partial charge on any atom is 0.241 e. The van der Waals surface area contributed by atoms with Gasteiger partial charge in [-0.2, -0.15) is 4.72 Å². The van der Waals surface area contributed by atoms with Crippen molar-refractivity contribution in [3.05, 3.63) is 65.7 Å². The molecule has 2 aromatic carbocycles. The van der Waals surface area contributed by atoms with Gasteiger partial charge < -0.3 is 5.32 Å². The molecular weight excluding hydrogens is 372 g/mol. The molecule has 1 aliphatic carbocycles. The van der Waals surface area contributed by atoms with Crippen LogP contribution in [-0.4, -0.2) is 26.4 Å². The molecule has 2 aromatic rings. The van der Waals surface area contributed by atoms with Crippen LogP contribution in [0.1, 0.15) is 43.2 Å². The fourth-order valence-electron chi connectivity index (χ4n) is 3.56. The number of sulfonamides is 1. The van der Waals surface area contributed by atoms with Crippen LogP contribution in [0.2, 0.25) is 0 Å². The van der Waals surface area contributed by atoms with Crippen molar-refractivity contribution in [1.82, 2.24) is 10.0 Å². The van der Waals surface area contributed by atoms with E-state index in [-0.39, 0.29) is 16.8 Å². The quantitative estimate of drug-likeness (QED) is 0.749. The summed E-state index contributed by atoms with van der Waals surface area (Å²) in [4.78, 5) is 13.1. The van der Waals surface area contributed by atoms with Gasteiger partial charge in [-0.15, -0.1) is 0 Å². The van der Waals surface area contributed by atoms with E-state index in [9.17, 15) is 13.2 Å². The number of carbonyl (C=O) groups excluding carboxylic acids is 1. The van der Waals surface area contributed by atoms with E-state index in [2.05, 4.69) is 10.0 Å². The molecule has 6 heteroatoms. The summed E-state index contributed by atoms with van der Waals surface area (Å²) >= 11 is 0. The standard InChI is InChI=1S/C22H28N2O3S/c1-17-12-14-20(15-13-17)28(26,27)24-21(16-18-8-4-2-5-9-18)22(25)23-19-10-6-3-7-11-19/h2,4-5,8-9,12-15,19,21,24H,3,6-7,10-11,16H2,1H3,(H,23,25). The van der Waals surface area contributed by atoms with Crippen LogP contribution in [0, 0.1) is 6.92 Å². The molecule has 1 amide bonds. The molecule has 1 fully saturated rings. The first-order valence-electron chi connectivity index (χ1n) is 9.87. The molecule has 2 N–H and O–H groups in total. The first-order valence-corrected chi connectivity index (χ1v) is 11.4. The smallest absolute Gasteiger partial charge is 0.241 e. The zero-order valence-corrected chi connectivity index (χ0v) is 17.0. The summed E-state index contributed by atoms with van der Waals surface area (Å²) in [5.41, 5.74) is 1.90. The highest BCUT2D eigenvalue weighted by Crippen LogP contribution is 2.18. The monoisotopic (exact) mass is 400 g/mol. The molecule has 1 aliphatic rings. The Kier molecular flexibility index (Phi) is 6.86. The number of benzene rings is 2. The molecule has 0 spiro atoms. The fraction of sp³-hybridized carbons (Fsp3) is 0.409. The van der Waals surface area contributed by atoms with Gasteiger partial charge in [-0.1, -0.05) is 67.3 Å². The summed E-state index contributed by atoms with van der Waals surface area (Å²) in [5, 5.41) is 3.06. The van der Waals surface area contributed by atoms with E-state index in [1.54, 1.807) is 24.3 Å². The topological polar surface area (TPSA) is 75.3 Å². The van der Waals surface area contributed by atoms with Gasteiger partial charge in [0.15, 0.2) is 0 Å². The van der Waals surface area contributed by atoms with Crippen molar-refractivity contribution < 1.29 is 13.2 Å². The van der Waals surface area contributed by atoms with Gasteiger partial charge in [0.25, 0.3) is 0 Å². The number of rotatable bonds is 7. The van der Waals surface area contributed by atoms with Gasteiger partial charge in [0.1, 0.15) is 6.04 Å². The predicted molar refractivity (Wildman–Crippen MR) is 110 cm³/mol. The molecule has 5 nitrogen and oxygen atoms in total. The molecule has 1 unspecified atom stereocenters. The van der Waals surface area contributed by atoms with Gasteiger partial charge in [-0.05, 0) is 43.9 Å². The molecule has 150 valence electrons. The van der Waals surface area contributed by atoms with Crippen LogP contribution in [0.25, 0.3) is 0 Å². The minimum Gasteiger partial charge on any atom is -0.352 e. The molecule has 0 aromatic heterocycles. The summed E-state index contributed by atoms with van der Waals surface area (Å²) < 4.78 is 28.3. The lowest BCUT2D eigenvalue weighted by atomic mass is 9.95. The zero-order valence-electron chi connectivity index (χ0n) is 16.2. The third kappa shape index (κ3) is 5.66. The van der Waals surface area contributed by atoms with Crippen LogP contribution in [-0.2, 0) is 21.2 Å². The average Bonchev–Trinajstić information content (AvgIpc) is 2.69. The van der Waals surface area contributed by atoms with E-state index in [1.807, 2.05) is 37.3 Å². The minimum atomic E-state index is -3.79. The van der Waals surface area contributed by atoms with E-state index in [0.717, 1.165) is 36.8 Å². The van der Waals surface area contributed by atoms with Gasteiger partial charge in [0.2, 0.25) is 15.9 Å². The number of hydrogen-bond acceptors (Lipinski definition) is 3. The van der Waals surface area contributed by atoms with Crippen molar-refractivity contribution >= 4 is 15.9 Å². The Balaban J connectivity index is 1.78. The van der Waals surface area contributed by atoms with Gasteiger partial charge >= 0.3 is 0 Å². The number of nitrogens with one attached hydrogen (secondary N) is 2. The van der Waals surface area contributed by atoms with Crippen molar-refractivity contribution in [3.63, 3.8) is 0 Å². The maximum absolute atomic E-state index is 12.9. The summed E-state index contributed by atoms with van der Waals surface area (Å²) in [7, 11) is -3.79. The van der Waals surface area contributed by atoms with E-state index in [1.165, 1.54) is 6.42 Å². The SMILES string of the molecule is Cc1ccc(S(=O)(=O)NC(Cc2ccccc2)C(=O)NC2CCCCC2)cc1. The molecule has 0 aliphatic heterocycles. The van der Waals surface area contributed by atoms with Crippen LogP contribution < -0.4 is 10.0 Å². The zero-order chi connectivity index (χ0) is 20.0. The highest BCUT2D eigenvalue weighted by Gasteiger charge is 2.28. The molecule has 3 rings (SSSR count). The predicted octanol–water partition coefficient (Wildman–Crippen LogP) is 3.33. The maximum atomic E-state index is 12.9. The van der Waals surface area contributed by atoms with Crippen molar-refractivity contribution in [1.29, 1.82) is 0 Å². The Morgan fingerprint density at radius 2 is 1.64 bits per heavy atom. The molecule has 0 saturated heterocycles. The van der Waals surface area contributed by atoms with Crippen LogP contribution in [0.3, 0.4) is 0 Å². The highest BCUT2D eigenvalue weighted by atomic mass is 32.2. The van der Waals surface area contributed by atoms with Crippen LogP contribution >= 0.6 is 0 Å². The number of amides is 1. The first-order chi connectivity index (χ1) is 13.4. The lowest BCUT2D eigenvalue weighted by Gasteiger charge is -2.26. The number of carbonyl (C=O) groups is 1. The summed E-state index contributed by atoms with van der Waals surface area (Å²) in [6.45, 7) is 1.90. The average molecular weight is 401 g/mol. The van der Waals surface area contributed by atoms with Gasteiger partial charge in [-0.25, -0.2) is 8.42 Å². The molecule has 1 atom stereocenters. The molecular formula is C22H28N2O3S. The summed E-state index contributed by atoms with van der Waals surface area (Å²) in [5.74, 6) is -0.258. The van der Waals surface area contributed by atoms with Gasteiger partial charge in [0.05, 0.1) is 4.90 Å². The fourth-order valence-corrected chi connectivity index (χ4v) is 4.75. The van der Waals surface area contributed by atoms with E-state index in [4.69, 9.17) is 0 Å². The third-order valence-electron chi connectivity index (χ3n) is 5.18. The molecule has 0 heterocycles. The Labute approximate surface area is 167 Å². The van der Waals surface area contributed by atoms with Crippen LogP contribution in [0.4, 0.5) is 0 Å². The lowest BCUT2D eigenvalue weighted by molar-refractivity contribution is -0.123. The van der Waals surface area contributed by atoms with E-state index < -0.39 is 16.1 Å². The third-order valence-corrected chi connectivity index (χ3v) is 6.67. The van der Waals surface area contributed by atoms with Gasteiger partial charge in [-0.3, -0.25) is 4.79 Å². The summed E-state index contributed by atoms with van der Waals surface area (Å²) in [6.07, 6.45) is 5.61. The Bertz CT molecular complexity index is 874. The van der Waals surface area contributed by atoms with E-state index in [0.29, 0.717) is 6.42 Å². The van der Waals surface area contributed by atoms with Crippen LogP contribution in [0.15, 0.2) is 59.5 Å². The Hall–Kier alpha value is -2.18. The lowest BCUT2D eigenvalue weighted by Crippen LogP contribution is -2.50. The van der Waals surface area contributed by atoms with Crippen molar-refractivity contribution in [3.8, 4) is 0 Å². The Morgan fingerprint density at radius 3 is 2.29 bits per heavy atom. The van der Waals surface area contributed by atoms with Gasteiger partial charge in [0, 0.05) is 6.04 Å². The Morgan fingerprint density at radius 1 is 1.00 bits per heavy atom. The molecule has 0 bridgehead atoms. The molecule has 28 heavy (non-hydrogen) atoms. The van der Waals surface area contributed by atoms with Crippen LogP contribution in [0.5, 0.6) is 0 Å². The second-order valence-corrected chi connectivity index (χ2v) is 9.23. The highest BCUT2D eigenvalue weighted by molar-refractivity contribution is 7.89. The van der Waals surface area contributed by atoms with E-state index >= 15 is 0 Å². The second-order valence-electron chi connectivity index (χ2n) is 7.52.